The third-order valence-electron chi connectivity index (χ3n) is 3.00. The Kier molecular flexibility index (Phi) is 4.35. The van der Waals surface area contributed by atoms with E-state index in [1.807, 2.05) is 0 Å². The van der Waals surface area contributed by atoms with E-state index in [2.05, 4.69) is 4.98 Å². The van der Waals surface area contributed by atoms with Gasteiger partial charge in [-0.05, 0) is 12.1 Å². The predicted octanol–water partition coefficient (Wildman–Crippen LogP) is 0.000900. The molecule has 0 aromatic carbocycles. The molecule has 0 atom stereocenters. The van der Waals surface area contributed by atoms with Crippen LogP contribution in [-0.2, 0) is 20.0 Å². The molecule has 112 valence electrons. The molecule has 0 radical (unpaired) electrons. The fraction of sp³-hybridized carbons (Fsp3) is 0.500. The zero-order chi connectivity index (χ0) is 15.0. The molecule has 0 saturated carbocycles. The monoisotopic (exact) mass is 339 g/mol. The topological polar surface area (TPSA) is 87.7 Å². The fourth-order valence-corrected chi connectivity index (χ4v) is 4.21. The van der Waals surface area contributed by atoms with Crippen molar-refractivity contribution in [3.05, 3.63) is 23.5 Å². The molecule has 0 unspecified atom stereocenters. The van der Waals surface area contributed by atoms with Crippen molar-refractivity contribution in [3.63, 3.8) is 0 Å². The normalized spacial score (nSPS) is 19.1. The number of hydrogen-bond donors (Lipinski definition) is 0. The molecule has 0 N–H and O–H groups in total. The first kappa shape index (κ1) is 15.6. The molecule has 1 aliphatic rings. The van der Waals surface area contributed by atoms with Crippen LogP contribution in [0.2, 0.25) is 5.15 Å². The molecule has 1 aromatic rings. The second kappa shape index (κ2) is 5.57. The second-order valence-corrected chi connectivity index (χ2v) is 8.69. The highest BCUT2D eigenvalue weighted by Crippen LogP contribution is 2.18. The highest BCUT2D eigenvalue weighted by molar-refractivity contribution is 7.89. The minimum absolute atomic E-state index is 0.0507. The number of rotatable bonds is 3. The number of halogens is 1. The zero-order valence-corrected chi connectivity index (χ0v) is 13.1. The van der Waals surface area contributed by atoms with Gasteiger partial charge in [-0.25, -0.2) is 21.8 Å². The summed E-state index contributed by atoms with van der Waals surface area (Å²) < 4.78 is 49.9. The summed E-state index contributed by atoms with van der Waals surface area (Å²) in [6, 6.07) is 2.79. The lowest BCUT2D eigenvalue weighted by Gasteiger charge is -2.32. The van der Waals surface area contributed by atoms with Gasteiger partial charge in [0.2, 0.25) is 20.0 Å². The summed E-state index contributed by atoms with van der Waals surface area (Å²) in [5.74, 6) is 0. The Hall–Kier alpha value is -0.740. The quantitative estimate of drug-likeness (QED) is 0.723. The van der Waals surface area contributed by atoms with Crippen molar-refractivity contribution in [1.82, 2.24) is 13.6 Å². The average molecular weight is 340 g/mol. The van der Waals surface area contributed by atoms with Gasteiger partial charge < -0.3 is 0 Å². The van der Waals surface area contributed by atoms with Crippen molar-refractivity contribution >= 4 is 31.6 Å². The largest absolute Gasteiger partial charge is 0.244 e. The van der Waals surface area contributed by atoms with Crippen LogP contribution < -0.4 is 0 Å². The Labute approximate surface area is 123 Å². The van der Waals surface area contributed by atoms with Crippen LogP contribution in [0.3, 0.4) is 0 Å². The van der Waals surface area contributed by atoms with Gasteiger partial charge in [0.15, 0.2) is 0 Å². The van der Waals surface area contributed by atoms with E-state index in [0.717, 1.165) is 6.26 Å². The van der Waals surface area contributed by atoms with E-state index in [0.29, 0.717) is 0 Å². The SMILES string of the molecule is CS(=O)(=O)N1CCN(S(=O)(=O)c2ccc(Cl)nc2)CC1. The molecule has 0 bridgehead atoms. The van der Waals surface area contributed by atoms with E-state index >= 15 is 0 Å². The van der Waals surface area contributed by atoms with Gasteiger partial charge in [0, 0.05) is 32.4 Å². The average Bonchev–Trinajstić information content (AvgIpc) is 2.38. The molecule has 10 heteroatoms. The van der Waals surface area contributed by atoms with Crippen molar-refractivity contribution in [2.45, 2.75) is 4.90 Å². The van der Waals surface area contributed by atoms with Crippen molar-refractivity contribution in [1.29, 1.82) is 0 Å². The lowest BCUT2D eigenvalue weighted by atomic mass is 10.4. The smallest absolute Gasteiger partial charge is 0.243 e. The molecule has 0 spiro atoms. The molecule has 2 rings (SSSR count). The van der Waals surface area contributed by atoms with Crippen molar-refractivity contribution < 1.29 is 16.8 Å². The maximum Gasteiger partial charge on any atom is 0.244 e. The van der Waals surface area contributed by atoms with Crippen molar-refractivity contribution in [3.8, 4) is 0 Å². The molecule has 20 heavy (non-hydrogen) atoms. The molecular weight excluding hydrogens is 326 g/mol. The first-order valence-corrected chi connectivity index (χ1v) is 9.45. The highest BCUT2D eigenvalue weighted by Gasteiger charge is 2.31. The van der Waals surface area contributed by atoms with Gasteiger partial charge in [0.25, 0.3) is 0 Å². The van der Waals surface area contributed by atoms with Gasteiger partial charge in [-0.2, -0.15) is 8.61 Å². The molecule has 1 saturated heterocycles. The minimum atomic E-state index is -3.66. The van der Waals surface area contributed by atoms with Crippen LogP contribution in [0, 0.1) is 0 Å². The van der Waals surface area contributed by atoms with Crippen LogP contribution in [0.25, 0.3) is 0 Å². The van der Waals surface area contributed by atoms with Crippen LogP contribution in [0.5, 0.6) is 0 Å². The summed E-state index contributed by atoms with van der Waals surface area (Å²) in [5.41, 5.74) is 0. The molecule has 1 fully saturated rings. The number of sulfonamides is 2. The number of piperazine rings is 1. The summed E-state index contributed by atoms with van der Waals surface area (Å²) >= 11 is 5.62. The van der Waals surface area contributed by atoms with Crippen molar-refractivity contribution in [2.24, 2.45) is 0 Å². The molecule has 1 aliphatic heterocycles. The molecule has 1 aromatic heterocycles. The van der Waals surface area contributed by atoms with E-state index in [4.69, 9.17) is 11.6 Å². The standard InChI is InChI=1S/C10H14ClN3O4S2/c1-19(15,16)13-4-6-14(7-5-13)20(17,18)9-2-3-10(11)12-8-9/h2-3,8H,4-7H2,1H3. The van der Waals surface area contributed by atoms with E-state index in [1.165, 1.54) is 26.9 Å². The molecule has 0 aliphatic carbocycles. The van der Waals surface area contributed by atoms with E-state index in [1.54, 1.807) is 0 Å². The van der Waals surface area contributed by atoms with Crippen LogP contribution in [0.15, 0.2) is 23.2 Å². The molecular formula is C10H14ClN3O4S2. The fourth-order valence-electron chi connectivity index (χ4n) is 1.91. The number of nitrogens with zero attached hydrogens (tertiary/aromatic N) is 3. The molecule has 7 nitrogen and oxygen atoms in total. The first-order valence-electron chi connectivity index (χ1n) is 5.78. The Morgan fingerprint density at radius 2 is 1.60 bits per heavy atom. The highest BCUT2D eigenvalue weighted by atomic mass is 35.5. The Morgan fingerprint density at radius 1 is 1.05 bits per heavy atom. The van der Waals surface area contributed by atoms with E-state index < -0.39 is 20.0 Å². The second-order valence-electron chi connectivity index (χ2n) is 4.38. The summed E-state index contributed by atoms with van der Waals surface area (Å²) in [6.45, 7) is 0.550. The summed E-state index contributed by atoms with van der Waals surface area (Å²) in [7, 11) is -6.94. The molecule has 2 heterocycles. The molecule has 0 amide bonds. The van der Waals surface area contributed by atoms with Crippen LogP contribution in [0.4, 0.5) is 0 Å². The Bertz CT molecular complexity index is 680. The minimum Gasteiger partial charge on any atom is -0.243 e. The number of hydrogen-bond acceptors (Lipinski definition) is 5. The van der Waals surface area contributed by atoms with Gasteiger partial charge in [-0.3, -0.25) is 0 Å². The van der Waals surface area contributed by atoms with Gasteiger partial charge in [0.1, 0.15) is 10.0 Å². The summed E-state index contributed by atoms with van der Waals surface area (Å²) in [5, 5.41) is 0.214. The van der Waals surface area contributed by atoms with Gasteiger partial charge >= 0.3 is 0 Å². The predicted molar refractivity (Wildman–Crippen MR) is 74.4 cm³/mol. The van der Waals surface area contributed by atoms with Gasteiger partial charge in [0.05, 0.1) is 6.26 Å². The van der Waals surface area contributed by atoms with Crippen LogP contribution in [-0.4, -0.2) is 62.9 Å². The Morgan fingerprint density at radius 3 is 2.05 bits per heavy atom. The van der Waals surface area contributed by atoms with Crippen LogP contribution >= 0.6 is 11.6 Å². The lowest BCUT2D eigenvalue weighted by Crippen LogP contribution is -2.50. The third-order valence-corrected chi connectivity index (χ3v) is 6.41. The number of aromatic nitrogens is 1. The maximum atomic E-state index is 12.3. The lowest BCUT2D eigenvalue weighted by molar-refractivity contribution is 0.274. The number of pyridine rings is 1. The Balaban J connectivity index is 2.15. The van der Waals surface area contributed by atoms with Gasteiger partial charge in [-0.1, -0.05) is 11.6 Å². The van der Waals surface area contributed by atoms with Gasteiger partial charge in [-0.15, -0.1) is 0 Å². The summed E-state index contributed by atoms with van der Waals surface area (Å²) in [4.78, 5) is 3.80. The first-order chi connectivity index (χ1) is 9.21. The van der Waals surface area contributed by atoms with E-state index in [-0.39, 0.29) is 36.2 Å². The maximum absolute atomic E-state index is 12.3. The van der Waals surface area contributed by atoms with E-state index in [9.17, 15) is 16.8 Å². The van der Waals surface area contributed by atoms with Crippen molar-refractivity contribution in [2.75, 3.05) is 32.4 Å². The van der Waals surface area contributed by atoms with Crippen LogP contribution in [0.1, 0.15) is 0 Å². The zero-order valence-electron chi connectivity index (χ0n) is 10.7. The third kappa shape index (κ3) is 3.29. The summed E-state index contributed by atoms with van der Waals surface area (Å²) in [6.07, 6.45) is 2.31.